The van der Waals surface area contributed by atoms with Crippen LogP contribution in [-0.4, -0.2) is 21.4 Å². The van der Waals surface area contributed by atoms with Crippen LogP contribution in [0.4, 0.5) is 0 Å². The third-order valence-corrected chi connectivity index (χ3v) is 4.48. The van der Waals surface area contributed by atoms with E-state index in [0.29, 0.717) is 18.2 Å². The summed E-state index contributed by atoms with van der Waals surface area (Å²) in [5.41, 5.74) is 2.71. The smallest absolute Gasteiger partial charge is 0.229 e. The van der Waals surface area contributed by atoms with Crippen molar-refractivity contribution in [3.05, 3.63) is 47.1 Å². The molecule has 1 heterocycles. The maximum absolute atomic E-state index is 9.95. The van der Waals surface area contributed by atoms with Gasteiger partial charge in [-0.15, -0.1) is 0 Å². The molecule has 4 heteroatoms. The molecule has 4 nitrogen and oxygen atoms in total. The Morgan fingerprint density at radius 3 is 2.95 bits per heavy atom. The molecule has 0 aliphatic heterocycles. The van der Waals surface area contributed by atoms with Gasteiger partial charge in [0.05, 0.1) is 12.5 Å². The molecule has 1 N–H and O–H groups in total. The number of aliphatic hydroxyl groups is 1. The first-order chi connectivity index (χ1) is 9.81. The van der Waals surface area contributed by atoms with Gasteiger partial charge in [-0.1, -0.05) is 29.4 Å². The van der Waals surface area contributed by atoms with Gasteiger partial charge in [-0.2, -0.15) is 4.98 Å². The molecule has 4 rings (SSSR count). The van der Waals surface area contributed by atoms with Crippen molar-refractivity contribution in [2.45, 2.75) is 44.1 Å². The molecule has 2 atom stereocenters. The lowest BCUT2D eigenvalue weighted by Gasteiger charge is -2.06. The summed E-state index contributed by atoms with van der Waals surface area (Å²) < 4.78 is 5.32. The van der Waals surface area contributed by atoms with Gasteiger partial charge in [-0.3, -0.25) is 0 Å². The number of aliphatic hydroxyl groups excluding tert-OH is 1. The van der Waals surface area contributed by atoms with E-state index in [4.69, 9.17) is 4.52 Å². The van der Waals surface area contributed by atoms with Gasteiger partial charge in [-0.05, 0) is 42.7 Å². The number of hydrogen-bond donors (Lipinski definition) is 1. The van der Waals surface area contributed by atoms with Crippen molar-refractivity contribution in [2.75, 3.05) is 0 Å². The van der Waals surface area contributed by atoms with Gasteiger partial charge in [-0.25, -0.2) is 0 Å². The van der Waals surface area contributed by atoms with Crippen LogP contribution < -0.4 is 0 Å². The van der Waals surface area contributed by atoms with E-state index in [2.05, 4.69) is 34.4 Å². The maximum Gasteiger partial charge on any atom is 0.229 e. The average Bonchev–Trinajstić information content (AvgIpc) is 3.08. The summed E-state index contributed by atoms with van der Waals surface area (Å²) in [6.45, 7) is 0. The molecule has 0 amide bonds. The van der Waals surface area contributed by atoms with Crippen molar-refractivity contribution in [3.63, 3.8) is 0 Å². The Morgan fingerprint density at radius 1 is 1.25 bits per heavy atom. The lowest BCUT2D eigenvalue weighted by molar-refractivity contribution is 0.140. The zero-order valence-corrected chi connectivity index (χ0v) is 11.3. The average molecular weight is 270 g/mol. The van der Waals surface area contributed by atoms with Crippen molar-refractivity contribution in [3.8, 4) is 0 Å². The minimum absolute atomic E-state index is 0.252. The zero-order chi connectivity index (χ0) is 13.5. The molecule has 1 fully saturated rings. The summed E-state index contributed by atoms with van der Waals surface area (Å²) in [4.78, 5) is 4.50. The Labute approximate surface area is 117 Å². The summed E-state index contributed by atoms with van der Waals surface area (Å²) >= 11 is 0. The van der Waals surface area contributed by atoms with E-state index in [0.717, 1.165) is 31.5 Å². The first kappa shape index (κ1) is 12.1. The van der Waals surface area contributed by atoms with Gasteiger partial charge >= 0.3 is 0 Å². The second kappa shape index (κ2) is 4.70. The standard InChI is InChI=1S/C16H18N2O2/c19-14(11-5-6-11)9-15-17-16(18-20-15)13-8-7-10-3-1-2-4-12(10)13/h1-4,11,13-14,19H,5-9H2. The van der Waals surface area contributed by atoms with E-state index < -0.39 is 0 Å². The molecule has 2 unspecified atom stereocenters. The highest BCUT2D eigenvalue weighted by Gasteiger charge is 2.32. The van der Waals surface area contributed by atoms with Crippen molar-refractivity contribution < 1.29 is 9.63 Å². The highest BCUT2D eigenvalue weighted by molar-refractivity contribution is 5.38. The number of hydrogen-bond acceptors (Lipinski definition) is 4. The minimum atomic E-state index is -0.320. The van der Waals surface area contributed by atoms with E-state index in [1.54, 1.807) is 0 Å². The molecule has 1 aromatic carbocycles. The van der Waals surface area contributed by atoms with Crippen LogP contribution in [0.15, 0.2) is 28.8 Å². The number of rotatable bonds is 4. The SMILES string of the molecule is OC(Cc1nc(C2CCc3ccccc32)no1)C1CC1. The first-order valence-corrected chi connectivity index (χ1v) is 7.39. The fourth-order valence-corrected chi connectivity index (χ4v) is 3.14. The lowest BCUT2D eigenvalue weighted by atomic mass is 10.0. The third-order valence-electron chi connectivity index (χ3n) is 4.48. The lowest BCUT2D eigenvalue weighted by Crippen LogP contribution is -2.13. The fraction of sp³-hybridized carbons (Fsp3) is 0.500. The van der Waals surface area contributed by atoms with Crippen LogP contribution in [0, 0.1) is 5.92 Å². The van der Waals surface area contributed by atoms with E-state index >= 15 is 0 Å². The predicted molar refractivity (Wildman–Crippen MR) is 73.3 cm³/mol. The summed E-state index contributed by atoms with van der Waals surface area (Å²) in [6.07, 6.45) is 4.54. The minimum Gasteiger partial charge on any atom is -0.392 e. The second-order valence-corrected chi connectivity index (χ2v) is 5.95. The molecule has 1 saturated carbocycles. The number of fused-ring (bicyclic) bond motifs is 1. The van der Waals surface area contributed by atoms with Crippen LogP contribution in [0.2, 0.25) is 0 Å². The normalized spacial score (nSPS) is 22.8. The highest BCUT2D eigenvalue weighted by atomic mass is 16.5. The largest absolute Gasteiger partial charge is 0.392 e. The van der Waals surface area contributed by atoms with Gasteiger partial charge in [0.25, 0.3) is 0 Å². The third kappa shape index (κ3) is 2.14. The van der Waals surface area contributed by atoms with Crippen molar-refractivity contribution in [1.29, 1.82) is 0 Å². The van der Waals surface area contributed by atoms with Crippen LogP contribution in [-0.2, 0) is 12.8 Å². The molecular weight excluding hydrogens is 252 g/mol. The van der Waals surface area contributed by atoms with Crippen molar-refractivity contribution in [2.24, 2.45) is 5.92 Å². The molecule has 20 heavy (non-hydrogen) atoms. The molecular formula is C16H18N2O2. The van der Waals surface area contributed by atoms with Gasteiger partial charge in [0, 0.05) is 5.92 Å². The van der Waals surface area contributed by atoms with Crippen LogP contribution in [0.3, 0.4) is 0 Å². The number of aromatic nitrogens is 2. The first-order valence-electron chi connectivity index (χ1n) is 7.39. The number of nitrogens with zero attached hydrogens (tertiary/aromatic N) is 2. The van der Waals surface area contributed by atoms with Crippen LogP contribution in [0.1, 0.15) is 48.0 Å². The highest BCUT2D eigenvalue weighted by Crippen LogP contribution is 2.37. The molecule has 0 spiro atoms. The quantitative estimate of drug-likeness (QED) is 0.927. The van der Waals surface area contributed by atoms with E-state index in [1.807, 2.05) is 0 Å². The summed E-state index contributed by atoms with van der Waals surface area (Å²) in [5, 5.41) is 14.1. The maximum atomic E-state index is 9.95. The van der Waals surface area contributed by atoms with E-state index in [9.17, 15) is 5.11 Å². The molecule has 0 bridgehead atoms. The second-order valence-electron chi connectivity index (χ2n) is 5.95. The Hall–Kier alpha value is -1.68. The Morgan fingerprint density at radius 2 is 2.10 bits per heavy atom. The Bertz CT molecular complexity index is 618. The Balaban J connectivity index is 1.53. The van der Waals surface area contributed by atoms with Gasteiger partial charge < -0.3 is 9.63 Å². The van der Waals surface area contributed by atoms with Crippen molar-refractivity contribution >= 4 is 0 Å². The molecule has 104 valence electrons. The summed E-state index contributed by atoms with van der Waals surface area (Å²) in [5.74, 6) is 2.04. The molecule has 0 saturated heterocycles. The molecule has 2 aliphatic rings. The number of benzene rings is 1. The zero-order valence-electron chi connectivity index (χ0n) is 11.3. The van der Waals surface area contributed by atoms with Crippen LogP contribution >= 0.6 is 0 Å². The fourth-order valence-electron chi connectivity index (χ4n) is 3.14. The van der Waals surface area contributed by atoms with Crippen LogP contribution in [0.25, 0.3) is 0 Å². The van der Waals surface area contributed by atoms with Gasteiger partial charge in [0.2, 0.25) is 5.89 Å². The van der Waals surface area contributed by atoms with E-state index in [1.165, 1.54) is 11.1 Å². The van der Waals surface area contributed by atoms with Crippen LogP contribution in [0.5, 0.6) is 0 Å². The topological polar surface area (TPSA) is 59.2 Å². The molecule has 1 aromatic heterocycles. The summed E-state index contributed by atoms with van der Waals surface area (Å²) in [6, 6.07) is 8.47. The van der Waals surface area contributed by atoms with Crippen molar-refractivity contribution in [1.82, 2.24) is 10.1 Å². The monoisotopic (exact) mass is 270 g/mol. The molecule has 0 radical (unpaired) electrons. The summed E-state index contributed by atoms with van der Waals surface area (Å²) in [7, 11) is 0. The van der Waals surface area contributed by atoms with E-state index in [-0.39, 0.29) is 12.0 Å². The Kier molecular flexibility index (Phi) is 2.84. The predicted octanol–water partition coefficient (Wildman–Crippen LogP) is 2.46. The van der Waals surface area contributed by atoms with Gasteiger partial charge in [0.1, 0.15) is 0 Å². The van der Waals surface area contributed by atoms with Gasteiger partial charge in [0.15, 0.2) is 5.82 Å². The number of aryl methyl sites for hydroxylation is 1. The molecule has 2 aliphatic carbocycles. The molecule has 2 aromatic rings.